The smallest absolute Gasteiger partial charge is 0.748 e. The van der Waals surface area contributed by atoms with Crippen LogP contribution in [-0.4, -0.2) is 43.8 Å². The van der Waals surface area contributed by atoms with Gasteiger partial charge >= 0.3 is 51.4 Å². The van der Waals surface area contributed by atoms with Gasteiger partial charge in [0.2, 0.25) is 0 Å². The fraction of sp³-hybridized carbons (Fsp3) is 0.636. The van der Waals surface area contributed by atoms with Crippen LogP contribution in [0, 0.1) is 0 Å². The van der Waals surface area contributed by atoms with Gasteiger partial charge in [0.1, 0.15) is 0 Å². The minimum absolute atomic E-state index is 0. The molecule has 0 saturated carbocycles. The van der Waals surface area contributed by atoms with Crippen molar-refractivity contribution in [2.45, 2.75) is 19.3 Å². The molecule has 0 N–H and O–H groups in total. The van der Waals surface area contributed by atoms with Gasteiger partial charge in [0.25, 0.3) is 0 Å². The summed E-state index contributed by atoms with van der Waals surface area (Å²) >= 11 is 1.70. The van der Waals surface area contributed by atoms with Gasteiger partial charge in [0.15, 0.2) is 0 Å². The fourth-order valence-electron chi connectivity index (χ4n) is 1.53. The molecule has 1 rings (SSSR count). The molecule has 1 heterocycles. The Bertz CT molecular complexity index is 406. The molecule has 1 aromatic rings. The summed E-state index contributed by atoms with van der Waals surface area (Å²) < 4.78 is 31.2. The number of nitrogens with zero attached hydrogens (tertiary/aromatic N) is 1. The summed E-state index contributed by atoms with van der Waals surface area (Å²) in [4.78, 5) is 2.16. The Balaban J connectivity index is 0.00000289. The summed E-state index contributed by atoms with van der Waals surface area (Å²) in [6.07, 6.45) is 2.22. The van der Waals surface area contributed by atoms with E-state index in [1.807, 2.05) is 7.05 Å². The molecule has 0 radical (unpaired) electrons. The van der Waals surface area contributed by atoms with E-state index in [0.29, 0.717) is 6.42 Å². The Kier molecular flexibility index (Phi) is 10.7. The van der Waals surface area contributed by atoms with Gasteiger partial charge in [-0.25, -0.2) is 8.42 Å². The van der Waals surface area contributed by atoms with Crippen molar-refractivity contribution in [1.29, 1.82) is 0 Å². The number of rotatable bonds is 8. The zero-order chi connectivity index (χ0) is 12.7. The van der Waals surface area contributed by atoms with Gasteiger partial charge in [-0.2, -0.15) is 11.3 Å². The predicted molar refractivity (Wildman–Crippen MR) is 69.3 cm³/mol. The molecule has 0 atom stereocenters. The minimum Gasteiger partial charge on any atom is -0.748 e. The van der Waals surface area contributed by atoms with Gasteiger partial charge in [-0.3, -0.25) is 0 Å². The molecule has 18 heavy (non-hydrogen) atoms. The normalized spacial score (nSPS) is 11.5. The molecule has 0 fully saturated rings. The number of thiophene rings is 1. The maximum absolute atomic E-state index is 10.4. The first-order valence-electron chi connectivity index (χ1n) is 5.60. The van der Waals surface area contributed by atoms with Crippen LogP contribution < -0.4 is 51.4 Å². The molecule has 1 aromatic heterocycles. The third kappa shape index (κ3) is 10.0. The van der Waals surface area contributed by atoms with Gasteiger partial charge in [-0.05, 0) is 55.2 Å². The number of hydrogen-bond acceptors (Lipinski definition) is 5. The van der Waals surface area contributed by atoms with Crippen molar-refractivity contribution in [3.8, 4) is 0 Å². The predicted octanol–water partition coefficient (Wildman–Crippen LogP) is -1.45. The molecule has 7 heteroatoms. The summed E-state index contributed by atoms with van der Waals surface area (Å²) in [7, 11) is -2.02. The van der Waals surface area contributed by atoms with Gasteiger partial charge < -0.3 is 9.45 Å². The van der Waals surface area contributed by atoms with Gasteiger partial charge in [-0.1, -0.05) is 0 Å². The largest absolute Gasteiger partial charge is 1.00 e. The molecule has 0 amide bonds. The molecule has 0 unspecified atom stereocenters. The summed E-state index contributed by atoms with van der Waals surface area (Å²) in [5.74, 6) is -0.245. The number of hydrogen-bond donors (Lipinski definition) is 0. The van der Waals surface area contributed by atoms with Crippen LogP contribution >= 0.6 is 11.3 Å². The van der Waals surface area contributed by atoms with E-state index in [1.165, 1.54) is 5.56 Å². The summed E-state index contributed by atoms with van der Waals surface area (Å²) in [5.41, 5.74) is 1.34. The quantitative estimate of drug-likeness (QED) is 0.335. The van der Waals surface area contributed by atoms with E-state index in [1.54, 1.807) is 11.3 Å². The van der Waals surface area contributed by atoms with Crippen LogP contribution in [-0.2, 0) is 16.5 Å². The Labute approximate surface area is 156 Å². The van der Waals surface area contributed by atoms with Crippen LogP contribution in [0.15, 0.2) is 16.8 Å². The Morgan fingerprint density at radius 3 is 2.61 bits per heavy atom. The molecule has 98 valence electrons. The van der Waals surface area contributed by atoms with Crippen molar-refractivity contribution in [3.05, 3.63) is 22.4 Å². The van der Waals surface area contributed by atoms with E-state index in [-0.39, 0.29) is 57.1 Å². The number of likely N-dealkylation sites (N-methyl/N-ethyl adjacent to an activating group) is 1. The van der Waals surface area contributed by atoms with E-state index >= 15 is 0 Å². The Morgan fingerprint density at radius 2 is 2.06 bits per heavy atom. The van der Waals surface area contributed by atoms with Gasteiger partial charge in [0, 0.05) is 12.3 Å². The second kappa shape index (κ2) is 10.0. The average molecular weight is 316 g/mol. The van der Waals surface area contributed by atoms with Crippen molar-refractivity contribution < 1.29 is 64.4 Å². The van der Waals surface area contributed by atoms with Crippen LogP contribution in [0.2, 0.25) is 0 Å². The van der Waals surface area contributed by atoms with E-state index in [4.69, 9.17) is 0 Å². The summed E-state index contributed by atoms with van der Waals surface area (Å²) in [6.45, 7) is 1.79. The van der Waals surface area contributed by atoms with Gasteiger partial charge in [-0.15, -0.1) is 0 Å². The minimum atomic E-state index is -4.04. The van der Waals surface area contributed by atoms with Crippen LogP contribution in [0.5, 0.6) is 0 Å². The van der Waals surface area contributed by atoms with Gasteiger partial charge in [0.05, 0.1) is 10.1 Å². The first kappa shape index (κ1) is 19.2. The zero-order valence-corrected chi connectivity index (χ0v) is 15.7. The topological polar surface area (TPSA) is 60.4 Å². The van der Waals surface area contributed by atoms with E-state index in [0.717, 1.165) is 25.9 Å². The summed E-state index contributed by atoms with van der Waals surface area (Å²) in [5, 5.41) is 4.20. The fourth-order valence-corrected chi connectivity index (χ4v) is 2.79. The van der Waals surface area contributed by atoms with E-state index < -0.39 is 10.1 Å². The van der Waals surface area contributed by atoms with Crippen molar-refractivity contribution in [1.82, 2.24) is 4.90 Å². The monoisotopic (exact) mass is 315 g/mol. The molecular weight excluding hydrogens is 297 g/mol. The average Bonchev–Trinajstić information content (AvgIpc) is 2.73. The first-order valence-corrected chi connectivity index (χ1v) is 8.12. The standard InChI is InChI=1S/C11H19NO3S2.K/c1-12(6-2-3-9-17(13,14)15)7-4-11-5-8-16-10-11;/h5,8,10H,2-4,6-7,9H2,1H3,(H,13,14,15);/q;+1/p-1. The second-order valence-electron chi connectivity index (χ2n) is 4.15. The molecule has 4 nitrogen and oxygen atoms in total. The third-order valence-corrected chi connectivity index (χ3v) is 4.07. The van der Waals surface area contributed by atoms with Crippen LogP contribution in [0.1, 0.15) is 18.4 Å². The third-order valence-electron chi connectivity index (χ3n) is 2.55. The van der Waals surface area contributed by atoms with Crippen LogP contribution in [0.4, 0.5) is 0 Å². The molecule has 0 bridgehead atoms. The van der Waals surface area contributed by atoms with Crippen LogP contribution in [0.3, 0.4) is 0 Å². The Morgan fingerprint density at radius 1 is 1.33 bits per heavy atom. The van der Waals surface area contributed by atoms with Crippen molar-refractivity contribution >= 4 is 21.5 Å². The molecule has 0 saturated heterocycles. The van der Waals surface area contributed by atoms with E-state index in [2.05, 4.69) is 21.7 Å². The molecule has 0 spiro atoms. The zero-order valence-electron chi connectivity index (χ0n) is 11.0. The molecule has 0 aliphatic rings. The molecule has 0 aliphatic carbocycles. The van der Waals surface area contributed by atoms with Crippen molar-refractivity contribution in [3.63, 3.8) is 0 Å². The second-order valence-corrected chi connectivity index (χ2v) is 6.46. The maximum Gasteiger partial charge on any atom is 1.00 e. The molecular formula is C11H18KNO3S2. The van der Waals surface area contributed by atoms with Crippen molar-refractivity contribution in [2.24, 2.45) is 0 Å². The van der Waals surface area contributed by atoms with E-state index in [9.17, 15) is 13.0 Å². The molecule has 0 aromatic carbocycles. The summed E-state index contributed by atoms with van der Waals surface area (Å²) in [6, 6.07) is 2.11. The molecule has 0 aliphatic heterocycles. The Hall–Kier alpha value is 1.21. The maximum atomic E-state index is 10.4. The van der Waals surface area contributed by atoms with Crippen LogP contribution in [0.25, 0.3) is 0 Å². The first-order chi connectivity index (χ1) is 7.97. The van der Waals surface area contributed by atoms with Crippen molar-refractivity contribution in [2.75, 3.05) is 25.9 Å². The SMILES string of the molecule is CN(CCCCS(=O)(=O)[O-])CCc1ccsc1.[K+]. The number of unbranched alkanes of at least 4 members (excludes halogenated alkanes) is 1.